The maximum Gasteiger partial charge on any atom is 0.423 e. The number of rotatable bonds is 6. The van der Waals surface area contributed by atoms with Crippen LogP contribution >= 0.6 is 0 Å². The molecule has 0 aromatic heterocycles. The SMILES string of the molecule is CC(C(=O)NCC(O)(c1ccccc1)C(F)(F)F)C(N)c1ccccc1. The molecule has 26 heavy (non-hydrogen) atoms. The van der Waals surface area contributed by atoms with Gasteiger partial charge < -0.3 is 16.2 Å². The van der Waals surface area contributed by atoms with Crippen LogP contribution in [0.2, 0.25) is 0 Å². The van der Waals surface area contributed by atoms with Crippen LogP contribution in [0.15, 0.2) is 60.7 Å². The van der Waals surface area contributed by atoms with Gasteiger partial charge >= 0.3 is 6.18 Å². The zero-order chi connectivity index (χ0) is 19.4. The second-order valence-corrected chi connectivity index (χ2v) is 6.17. The quantitative estimate of drug-likeness (QED) is 0.736. The highest BCUT2D eigenvalue weighted by Crippen LogP contribution is 2.38. The number of amides is 1. The molecule has 3 unspecified atom stereocenters. The van der Waals surface area contributed by atoms with Gasteiger partial charge in [0.1, 0.15) is 0 Å². The third-order valence-corrected chi connectivity index (χ3v) is 4.38. The first-order valence-corrected chi connectivity index (χ1v) is 8.09. The summed E-state index contributed by atoms with van der Waals surface area (Å²) in [6, 6.07) is 14.8. The van der Waals surface area contributed by atoms with Gasteiger partial charge in [0, 0.05) is 6.04 Å². The van der Waals surface area contributed by atoms with Crippen LogP contribution in [0.5, 0.6) is 0 Å². The molecular formula is C19H21F3N2O2. The van der Waals surface area contributed by atoms with Crippen molar-refractivity contribution in [2.24, 2.45) is 11.7 Å². The summed E-state index contributed by atoms with van der Waals surface area (Å²) in [6.45, 7) is 0.535. The molecule has 2 aromatic rings. The van der Waals surface area contributed by atoms with Crippen molar-refractivity contribution in [2.75, 3.05) is 6.54 Å². The van der Waals surface area contributed by atoms with E-state index in [9.17, 15) is 23.1 Å². The molecule has 140 valence electrons. The van der Waals surface area contributed by atoms with Gasteiger partial charge in [0.25, 0.3) is 0 Å². The summed E-state index contributed by atoms with van der Waals surface area (Å²) < 4.78 is 40.3. The molecule has 0 saturated carbocycles. The Labute approximate surface area is 149 Å². The van der Waals surface area contributed by atoms with Gasteiger partial charge in [-0.2, -0.15) is 13.2 Å². The highest BCUT2D eigenvalue weighted by molar-refractivity contribution is 5.79. The fourth-order valence-corrected chi connectivity index (χ4v) is 2.58. The number of nitrogens with two attached hydrogens (primary N) is 1. The van der Waals surface area contributed by atoms with Gasteiger partial charge in [-0.1, -0.05) is 67.6 Å². The summed E-state index contributed by atoms with van der Waals surface area (Å²) in [5.74, 6) is -1.44. The maximum atomic E-state index is 13.4. The standard InChI is InChI=1S/C19H21F3N2O2/c1-13(16(23)14-8-4-2-5-9-14)17(25)24-12-18(26,19(20,21)22)15-10-6-3-7-11-15/h2-11,13,16,26H,12,23H2,1H3,(H,24,25). The zero-order valence-corrected chi connectivity index (χ0v) is 14.2. The monoisotopic (exact) mass is 366 g/mol. The van der Waals surface area contributed by atoms with E-state index in [0.717, 1.165) is 0 Å². The molecular weight excluding hydrogens is 345 g/mol. The fraction of sp³-hybridized carbons (Fsp3) is 0.316. The molecule has 0 heterocycles. The topological polar surface area (TPSA) is 75.3 Å². The number of carbonyl (C=O) groups excluding carboxylic acids is 1. The lowest BCUT2D eigenvalue weighted by atomic mass is 9.91. The molecule has 0 aliphatic carbocycles. The lowest BCUT2D eigenvalue weighted by Crippen LogP contribution is -2.52. The van der Waals surface area contributed by atoms with Gasteiger partial charge in [0.15, 0.2) is 0 Å². The van der Waals surface area contributed by atoms with Crippen LogP contribution in [0.25, 0.3) is 0 Å². The van der Waals surface area contributed by atoms with Crippen molar-refractivity contribution in [3.8, 4) is 0 Å². The number of nitrogens with one attached hydrogen (secondary N) is 1. The Bertz CT molecular complexity index is 723. The van der Waals surface area contributed by atoms with Crippen LogP contribution in [-0.4, -0.2) is 23.7 Å². The van der Waals surface area contributed by atoms with Crippen LogP contribution in [0, 0.1) is 5.92 Å². The smallest absolute Gasteiger partial charge is 0.375 e. The Hall–Kier alpha value is -2.38. The first-order chi connectivity index (χ1) is 12.2. The van der Waals surface area contributed by atoms with E-state index in [2.05, 4.69) is 5.32 Å². The van der Waals surface area contributed by atoms with E-state index in [4.69, 9.17) is 5.73 Å². The Morgan fingerprint density at radius 2 is 1.58 bits per heavy atom. The summed E-state index contributed by atoms with van der Waals surface area (Å²) in [5, 5.41) is 12.4. The lowest BCUT2D eigenvalue weighted by Gasteiger charge is -2.32. The van der Waals surface area contributed by atoms with E-state index in [0.29, 0.717) is 5.56 Å². The van der Waals surface area contributed by atoms with Crippen molar-refractivity contribution >= 4 is 5.91 Å². The van der Waals surface area contributed by atoms with Crippen LogP contribution in [-0.2, 0) is 10.4 Å². The molecule has 2 aromatic carbocycles. The van der Waals surface area contributed by atoms with Crippen molar-refractivity contribution in [3.05, 3.63) is 71.8 Å². The van der Waals surface area contributed by atoms with E-state index in [-0.39, 0.29) is 5.56 Å². The number of hydrogen-bond acceptors (Lipinski definition) is 3. The molecule has 7 heteroatoms. The average molecular weight is 366 g/mol. The van der Waals surface area contributed by atoms with Crippen LogP contribution in [0.1, 0.15) is 24.1 Å². The molecule has 0 aliphatic rings. The molecule has 0 bridgehead atoms. The van der Waals surface area contributed by atoms with Crippen LogP contribution < -0.4 is 11.1 Å². The molecule has 0 spiro atoms. The molecule has 0 fully saturated rings. The minimum atomic E-state index is -4.95. The van der Waals surface area contributed by atoms with Crippen molar-refractivity contribution < 1.29 is 23.1 Å². The van der Waals surface area contributed by atoms with E-state index in [1.807, 2.05) is 0 Å². The van der Waals surface area contributed by atoms with Gasteiger partial charge in [0.2, 0.25) is 11.5 Å². The summed E-state index contributed by atoms with van der Waals surface area (Å²) in [6.07, 6.45) is -4.95. The predicted octanol–water partition coefficient (Wildman–Crippen LogP) is 2.89. The Morgan fingerprint density at radius 3 is 2.08 bits per heavy atom. The van der Waals surface area contributed by atoms with E-state index in [1.165, 1.54) is 31.2 Å². The van der Waals surface area contributed by atoms with E-state index < -0.39 is 36.2 Å². The summed E-state index contributed by atoms with van der Waals surface area (Å²) in [7, 11) is 0. The molecule has 1 amide bonds. The van der Waals surface area contributed by atoms with Crippen LogP contribution in [0.3, 0.4) is 0 Å². The zero-order valence-electron chi connectivity index (χ0n) is 14.2. The second kappa shape index (κ2) is 7.88. The van der Waals surface area contributed by atoms with E-state index >= 15 is 0 Å². The Morgan fingerprint density at radius 1 is 1.08 bits per heavy atom. The molecule has 4 N–H and O–H groups in total. The number of halogens is 3. The first-order valence-electron chi connectivity index (χ1n) is 8.09. The molecule has 0 radical (unpaired) electrons. The van der Waals surface area contributed by atoms with Gasteiger partial charge in [0.05, 0.1) is 12.5 Å². The molecule has 0 saturated heterocycles. The minimum Gasteiger partial charge on any atom is -0.375 e. The first kappa shape index (κ1) is 19.9. The maximum absolute atomic E-state index is 13.4. The van der Waals surface area contributed by atoms with Gasteiger partial charge in [-0.25, -0.2) is 0 Å². The number of aliphatic hydroxyl groups is 1. The Balaban J connectivity index is 2.12. The number of hydrogen-bond donors (Lipinski definition) is 3. The summed E-state index contributed by atoms with van der Waals surface area (Å²) in [5.41, 5.74) is 3.21. The van der Waals surface area contributed by atoms with Crippen molar-refractivity contribution in [1.29, 1.82) is 0 Å². The van der Waals surface area contributed by atoms with Gasteiger partial charge in [-0.05, 0) is 11.1 Å². The highest BCUT2D eigenvalue weighted by atomic mass is 19.4. The van der Waals surface area contributed by atoms with Gasteiger partial charge in [-0.15, -0.1) is 0 Å². The average Bonchev–Trinajstić information content (AvgIpc) is 2.65. The third kappa shape index (κ3) is 4.23. The summed E-state index contributed by atoms with van der Waals surface area (Å²) in [4.78, 5) is 12.3. The normalized spacial score (nSPS) is 16.4. The van der Waals surface area contributed by atoms with Crippen molar-refractivity contribution in [1.82, 2.24) is 5.32 Å². The fourth-order valence-electron chi connectivity index (χ4n) is 2.58. The largest absolute Gasteiger partial charge is 0.423 e. The molecule has 4 nitrogen and oxygen atoms in total. The summed E-state index contributed by atoms with van der Waals surface area (Å²) >= 11 is 0. The highest BCUT2D eigenvalue weighted by Gasteiger charge is 2.55. The number of alkyl halides is 3. The lowest BCUT2D eigenvalue weighted by molar-refractivity contribution is -0.264. The second-order valence-electron chi connectivity index (χ2n) is 6.17. The minimum absolute atomic E-state index is 0.340. The van der Waals surface area contributed by atoms with Crippen molar-refractivity contribution in [2.45, 2.75) is 24.7 Å². The van der Waals surface area contributed by atoms with Crippen molar-refractivity contribution in [3.63, 3.8) is 0 Å². The van der Waals surface area contributed by atoms with E-state index in [1.54, 1.807) is 36.4 Å². The number of benzene rings is 2. The molecule has 2 rings (SSSR count). The molecule has 3 atom stereocenters. The predicted molar refractivity (Wildman–Crippen MR) is 91.9 cm³/mol. The Kier molecular flexibility index (Phi) is 6.05. The van der Waals surface area contributed by atoms with Gasteiger partial charge in [-0.3, -0.25) is 4.79 Å². The third-order valence-electron chi connectivity index (χ3n) is 4.38. The molecule has 0 aliphatic heterocycles. The van der Waals surface area contributed by atoms with Crippen LogP contribution in [0.4, 0.5) is 13.2 Å². The number of carbonyl (C=O) groups is 1.